The molecule has 12 heavy (non-hydrogen) atoms. The third-order valence-corrected chi connectivity index (χ3v) is 2.03. The first-order chi connectivity index (χ1) is 5.79. The molecular weight excluding hydrogens is 152 g/mol. The standard InChI is InChI=1S/C9H10N2O/c1-6(12)9-7-4-2-3-5-8(7)10-11-9/h2-5,9-11H,1H3. The molecule has 1 aliphatic heterocycles. The van der Waals surface area contributed by atoms with Crippen molar-refractivity contribution in [2.75, 3.05) is 5.43 Å². The molecule has 1 aromatic rings. The number of fused-ring (bicyclic) bond motifs is 1. The number of nitrogens with one attached hydrogen (secondary N) is 2. The number of benzene rings is 1. The summed E-state index contributed by atoms with van der Waals surface area (Å²) in [5.41, 5.74) is 7.91. The van der Waals surface area contributed by atoms with Crippen LogP contribution in [0.5, 0.6) is 0 Å². The summed E-state index contributed by atoms with van der Waals surface area (Å²) >= 11 is 0. The Morgan fingerprint density at radius 3 is 2.92 bits per heavy atom. The maximum atomic E-state index is 11.1. The summed E-state index contributed by atoms with van der Waals surface area (Å²) in [6.45, 7) is 1.58. The van der Waals surface area contributed by atoms with Gasteiger partial charge in [0, 0.05) is 5.56 Å². The van der Waals surface area contributed by atoms with E-state index in [2.05, 4.69) is 10.9 Å². The Kier molecular flexibility index (Phi) is 1.59. The predicted molar refractivity (Wildman–Crippen MR) is 46.6 cm³/mol. The van der Waals surface area contributed by atoms with Crippen molar-refractivity contribution in [2.24, 2.45) is 0 Å². The average Bonchev–Trinajstić information content (AvgIpc) is 2.47. The normalized spacial score (nSPS) is 19.9. The average molecular weight is 162 g/mol. The van der Waals surface area contributed by atoms with Crippen LogP contribution in [0.15, 0.2) is 24.3 Å². The van der Waals surface area contributed by atoms with Gasteiger partial charge >= 0.3 is 0 Å². The second kappa shape index (κ2) is 2.60. The molecule has 0 saturated carbocycles. The monoisotopic (exact) mass is 162 g/mol. The summed E-state index contributed by atoms with van der Waals surface area (Å²) in [4.78, 5) is 11.1. The highest BCUT2D eigenvalue weighted by Crippen LogP contribution is 2.27. The van der Waals surface area contributed by atoms with Crippen LogP contribution in [0, 0.1) is 0 Å². The lowest BCUT2D eigenvalue weighted by molar-refractivity contribution is -0.118. The maximum absolute atomic E-state index is 11.1. The molecule has 0 fully saturated rings. The van der Waals surface area contributed by atoms with Crippen molar-refractivity contribution in [3.63, 3.8) is 0 Å². The Hall–Kier alpha value is -1.35. The van der Waals surface area contributed by atoms with Gasteiger partial charge in [-0.1, -0.05) is 18.2 Å². The van der Waals surface area contributed by atoms with E-state index in [-0.39, 0.29) is 11.8 Å². The van der Waals surface area contributed by atoms with Crippen LogP contribution in [0.4, 0.5) is 5.69 Å². The molecule has 3 heteroatoms. The molecule has 1 aromatic carbocycles. The Balaban J connectivity index is 2.42. The fraction of sp³-hybridized carbons (Fsp3) is 0.222. The number of anilines is 1. The molecule has 0 aromatic heterocycles. The van der Waals surface area contributed by atoms with Crippen molar-refractivity contribution in [2.45, 2.75) is 13.0 Å². The van der Waals surface area contributed by atoms with E-state index >= 15 is 0 Å². The lowest BCUT2D eigenvalue weighted by atomic mass is 10.0. The zero-order chi connectivity index (χ0) is 8.55. The minimum absolute atomic E-state index is 0.132. The number of hydrazine groups is 1. The zero-order valence-electron chi connectivity index (χ0n) is 6.79. The molecule has 1 heterocycles. The molecule has 62 valence electrons. The molecule has 0 aliphatic carbocycles. The topological polar surface area (TPSA) is 41.1 Å². The van der Waals surface area contributed by atoms with Gasteiger partial charge in [-0.05, 0) is 13.0 Å². The van der Waals surface area contributed by atoms with Gasteiger partial charge in [0.05, 0.1) is 5.69 Å². The van der Waals surface area contributed by atoms with E-state index < -0.39 is 0 Å². The first kappa shape index (κ1) is 7.31. The van der Waals surface area contributed by atoms with E-state index in [4.69, 9.17) is 0 Å². The van der Waals surface area contributed by atoms with Crippen molar-refractivity contribution in [3.05, 3.63) is 29.8 Å². The largest absolute Gasteiger partial charge is 0.320 e. The van der Waals surface area contributed by atoms with Crippen LogP contribution in [-0.4, -0.2) is 5.78 Å². The Morgan fingerprint density at radius 2 is 2.17 bits per heavy atom. The molecule has 0 saturated heterocycles. The number of Topliss-reactive ketones (excluding diaryl/α,β-unsaturated/α-hetero) is 1. The summed E-state index contributed by atoms with van der Waals surface area (Å²) in [5.74, 6) is 0.132. The lowest BCUT2D eigenvalue weighted by Gasteiger charge is -2.04. The smallest absolute Gasteiger partial charge is 0.153 e. The molecule has 0 amide bonds. The summed E-state index contributed by atoms with van der Waals surface area (Å²) in [6.07, 6.45) is 0. The van der Waals surface area contributed by atoms with E-state index in [1.807, 2.05) is 24.3 Å². The molecule has 2 N–H and O–H groups in total. The van der Waals surface area contributed by atoms with Crippen molar-refractivity contribution >= 4 is 11.5 Å². The SMILES string of the molecule is CC(=O)C1NNc2ccccc21. The molecule has 3 nitrogen and oxygen atoms in total. The second-order valence-electron chi connectivity index (χ2n) is 2.90. The predicted octanol–water partition coefficient (Wildman–Crippen LogP) is 1.25. The molecule has 0 bridgehead atoms. The molecule has 0 spiro atoms. The molecule has 2 rings (SSSR count). The van der Waals surface area contributed by atoms with Gasteiger partial charge in [0.25, 0.3) is 0 Å². The van der Waals surface area contributed by atoms with Crippen molar-refractivity contribution in [1.29, 1.82) is 0 Å². The van der Waals surface area contributed by atoms with E-state index in [1.165, 1.54) is 0 Å². The third-order valence-electron chi connectivity index (χ3n) is 2.03. The molecular formula is C9H10N2O. The van der Waals surface area contributed by atoms with Gasteiger partial charge in [-0.15, -0.1) is 0 Å². The lowest BCUT2D eigenvalue weighted by Crippen LogP contribution is -2.24. The number of hydrogen-bond donors (Lipinski definition) is 2. The van der Waals surface area contributed by atoms with Gasteiger partial charge in [-0.25, -0.2) is 5.43 Å². The summed E-state index contributed by atoms with van der Waals surface area (Å²) in [7, 11) is 0. The van der Waals surface area contributed by atoms with Crippen LogP contribution in [0.3, 0.4) is 0 Å². The van der Waals surface area contributed by atoms with E-state index in [0.29, 0.717) is 0 Å². The highest BCUT2D eigenvalue weighted by molar-refractivity contribution is 5.86. The number of hydrogen-bond acceptors (Lipinski definition) is 3. The number of carbonyl (C=O) groups excluding carboxylic acids is 1. The van der Waals surface area contributed by atoms with Gasteiger partial charge in [0.15, 0.2) is 5.78 Å². The van der Waals surface area contributed by atoms with Gasteiger partial charge in [-0.2, -0.15) is 0 Å². The highest BCUT2D eigenvalue weighted by atomic mass is 16.1. The van der Waals surface area contributed by atoms with E-state index in [0.717, 1.165) is 11.3 Å². The summed E-state index contributed by atoms with van der Waals surface area (Å²) in [5, 5.41) is 0. The highest BCUT2D eigenvalue weighted by Gasteiger charge is 2.24. The Labute approximate surface area is 70.8 Å². The van der Waals surface area contributed by atoms with Crippen LogP contribution in [0.2, 0.25) is 0 Å². The Morgan fingerprint density at radius 1 is 1.42 bits per heavy atom. The quantitative estimate of drug-likeness (QED) is 0.653. The van der Waals surface area contributed by atoms with Crippen LogP contribution in [0.25, 0.3) is 0 Å². The minimum atomic E-state index is -0.179. The fourth-order valence-electron chi connectivity index (χ4n) is 1.41. The van der Waals surface area contributed by atoms with Gasteiger partial charge in [0.2, 0.25) is 0 Å². The third kappa shape index (κ3) is 0.987. The van der Waals surface area contributed by atoms with Crippen molar-refractivity contribution in [3.8, 4) is 0 Å². The van der Waals surface area contributed by atoms with Gasteiger partial charge in [-0.3, -0.25) is 4.79 Å². The number of ketones is 1. The zero-order valence-corrected chi connectivity index (χ0v) is 6.79. The van der Waals surface area contributed by atoms with Crippen LogP contribution < -0.4 is 10.9 Å². The van der Waals surface area contributed by atoms with Crippen LogP contribution in [-0.2, 0) is 4.79 Å². The molecule has 0 radical (unpaired) electrons. The summed E-state index contributed by atoms with van der Waals surface area (Å²) in [6, 6.07) is 7.60. The number of para-hydroxylation sites is 1. The number of rotatable bonds is 1. The van der Waals surface area contributed by atoms with E-state index in [9.17, 15) is 4.79 Å². The van der Waals surface area contributed by atoms with Crippen molar-refractivity contribution < 1.29 is 4.79 Å². The first-order valence-electron chi connectivity index (χ1n) is 3.90. The van der Waals surface area contributed by atoms with Crippen molar-refractivity contribution in [1.82, 2.24) is 5.43 Å². The number of carbonyl (C=O) groups is 1. The fourth-order valence-corrected chi connectivity index (χ4v) is 1.41. The van der Waals surface area contributed by atoms with E-state index in [1.54, 1.807) is 6.92 Å². The van der Waals surface area contributed by atoms with Crippen LogP contribution in [0.1, 0.15) is 18.5 Å². The van der Waals surface area contributed by atoms with Crippen LogP contribution >= 0.6 is 0 Å². The van der Waals surface area contributed by atoms with Gasteiger partial charge < -0.3 is 5.43 Å². The minimum Gasteiger partial charge on any atom is -0.320 e. The molecule has 1 aliphatic rings. The molecule has 1 unspecified atom stereocenters. The van der Waals surface area contributed by atoms with Gasteiger partial charge in [0.1, 0.15) is 6.04 Å². The second-order valence-corrected chi connectivity index (χ2v) is 2.90. The summed E-state index contributed by atoms with van der Waals surface area (Å²) < 4.78 is 0. The Bertz CT molecular complexity index is 322. The molecule has 1 atom stereocenters. The maximum Gasteiger partial charge on any atom is 0.153 e. The first-order valence-corrected chi connectivity index (χ1v) is 3.90.